The summed E-state index contributed by atoms with van der Waals surface area (Å²) >= 11 is 0. The van der Waals surface area contributed by atoms with Gasteiger partial charge in [0.05, 0.1) is 13.0 Å². The maximum Gasteiger partial charge on any atom is 0.227 e. The van der Waals surface area contributed by atoms with E-state index in [1.807, 2.05) is 60.5 Å². The number of carbonyl (C=O) groups excluding carboxylic acids is 1. The van der Waals surface area contributed by atoms with E-state index in [4.69, 9.17) is 4.74 Å². The Bertz CT molecular complexity index is 884. The van der Waals surface area contributed by atoms with Gasteiger partial charge in [-0.3, -0.25) is 4.79 Å². The normalized spacial score (nSPS) is 17.2. The summed E-state index contributed by atoms with van der Waals surface area (Å²) in [6.07, 6.45) is 2.33. The van der Waals surface area contributed by atoms with E-state index in [1.54, 1.807) is 0 Å². The Hall–Kier alpha value is -2.75. The number of amides is 1. The van der Waals surface area contributed by atoms with Crippen LogP contribution >= 0.6 is 0 Å². The zero-order valence-corrected chi connectivity index (χ0v) is 13.7. The molecule has 3 aromatic rings. The summed E-state index contributed by atoms with van der Waals surface area (Å²) in [5.41, 5.74) is 3.18. The Morgan fingerprint density at radius 2 is 2.00 bits per heavy atom. The molecular weight excluding hydrogens is 300 g/mol. The van der Waals surface area contributed by atoms with E-state index in [0.717, 1.165) is 27.8 Å². The number of hydrogen-bond acceptors (Lipinski definition) is 2. The van der Waals surface area contributed by atoms with Crippen LogP contribution in [-0.2, 0) is 17.8 Å². The minimum absolute atomic E-state index is 0.0134. The molecule has 0 spiro atoms. The van der Waals surface area contributed by atoms with Crippen molar-refractivity contribution in [2.24, 2.45) is 0 Å². The van der Waals surface area contributed by atoms with Gasteiger partial charge in [0.2, 0.25) is 5.91 Å². The second kappa shape index (κ2) is 6.04. The van der Waals surface area contributed by atoms with Gasteiger partial charge in [0.1, 0.15) is 11.9 Å². The highest BCUT2D eigenvalue weighted by Crippen LogP contribution is 2.26. The van der Waals surface area contributed by atoms with Gasteiger partial charge in [-0.25, -0.2) is 0 Å². The Morgan fingerprint density at radius 1 is 1.21 bits per heavy atom. The van der Waals surface area contributed by atoms with Crippen LogP contribution in [0.3, 0.4) is 0 Å². The molecule has 122 valence electrons. The lowest BCUT2D eigenvalue weighted by Gasteiger charge is -2.22. The number of H-pyrrole nitrogens is 1. The van der Waals surface area contributed by atoms with E-state index in [0.29, 0.717) is 19.5 Å². The third-order valence-electron chi connectivity index (χ3n) is 4.51. The fourth-order valence-electron chi connectivity index (χ4n) is 3.33. The number of aromatic amines is 1. The summed E-state index contributed by atoms with van der Waals surface area (Å²) in [5, 5.41) is 1.12. The first-order chi connectivity index (χ1) is 11.7. The van der Waals surface area contributed by atoms with Crippen LogP contribution in [0.25, 0.3) is 10.9 Å². The van der Waals surface area contributed by atoms with Crippen molar-refractivity contribution >= 4 is 16.8 Å². The molecule has 2 aromatic carbocycles. The molecule has 1 aromatic heterocycles. The van der Waals surface area contributed by atoms with Crippen molar-refractivity contribution in [2.45, 2.75) is 26.0 Å². The van der Waals surface area contributed by atoms with Crippen molar-refractivity contribution in [1.29, 1.82) is 0 Å². The van der Waals surface area contributed by atoms with E-state index in [-0.39, 0.29) is 12.0 Å². The summed E-state index contributed by atoms with van der Waals surface area (Å²) in [5.74, 6) is 1.01. The molecule has 0 fully saturated rings. The fourth-order valence-corrected chi connectivity index (χ4v) is 3.33. The van der Waals surface area contributed by atoms with Crippen LogP contribution in [0.5, 0.6) is 5.75 Å². The number of benzene rings is 2. The van der Waals surface area contributed by atoms with Gasteiger partial charge in [-0.2, -0.15) is 0 Å². The molecule has 2 heterocycles. The highest BCUT2D eigenvalue weighted by Gasteiger charge is 2.24. The summed E-state index contributed by atoms with van der Waals surface area (Å²) in [7, 11) is 0. The van der Waals surface area contributed by atoms with Crippen LogP contribution < -0.4 is 4.74 Å². The SMILES string of the molecule is CC1CN(C(=O)Cc2c[nH]c3ccccc23)Cc2ccccc2O1. The highest BCUT2D eigenvalue weighted by atomic mass is 16.5. The van der Waals surface area contributed by atoms with Crippen LogP contribution in [0.1, 0.15) is 18.1 Å². The molecule has 0 radical (unpaired) electrons. The van der Waals surface area contributed by atoms with Crippen LogP contribution in [0, 0.1) is 0 Å². The third-order valence-corrected chi connectivity index (χ3v) is 4.51. The summed E-state index contributed by atoms with van der Waals surface area (Å²) in [6, 6.07) is 16.0. The van der Waals surface area contributed by atoms with Gasteiger partial charge in [0.15, 0.2) is 0 Å². The Labute approximate surface area is 141 Å². The van der Waals surface area contributed by atoms with Gasteiger partial charge in [-0.15, -0.1) is 0 Å². The maximum absolute atomic E-state index is 12.9. The number of aromatic nitrogens is 1. The molecule has 24 heavy (non-hydrogen) atoms. The van der Waals surface area contributed by atoms with Crippen LogP contribution in [0.2, 0.25) is 0 Å². The zero-order chi connectivity index (χ0) is 16.5. The predicted molar refractivity (Wildman–Crippen MR) is 94.0 cm³/mol. The number of ether oxygens (including phenoxy) is 1. The molecule has 4 nitrogen and oxygen atoms in total. The zero-order valence-electron chi connectivity index (χ0n) is 13.7. The highest BCUT2D eigenvalue weighted by molar-refractivity contribution is 5.88. The molecule has 1 unspecified atom stereocenters. The lowest BCUT2D eigenvalue weighted by Crippen LogP contribution is -2.36. The largest absolute Gasteiger partial charge is 0.489 e. The summed E-state index contributed by atoms with van der Waals surface area (Å²) < 4.78 is 5.94. The number of carbonyl (C=O) groups is 1. The monoisotopic (exact) mass is 320 g/mol. The number of nitrogens with zero attached hydrogens (tertiary/aromatic N) is 1. The number of hydrogen-bond donors (Lipinski definition) is 1. The molecule has 1 aliphatic heterocycles. The Kier molecular flexibility index (Phi) is 3.73. The van der Waals surface area contributed by atoms with Crippen molar-refractivity contribution in [1.82, 2.24) is 9.88 Å². The third kappa shape index (κ3) is 2.75. The van der Waals surface area contributed by atoms with E-state index in [1.165, 1.54) is 0 Å². The molecule has 4 rings (SSSR count). The van der Waals surface area contributed by atoms with Crippen molar-refractivity contribution < 1.29 is 9.53 Å². The van der Waals surface area contributed by atoms with Gasteiger partial charge >= 0.3 is 0 Å². The minimum Gasteiger partial charge on any atom is -0.489 e. The summed E-state index contributed by atoms with van der Waals surface area (Å²) in [4.78, 5) is 18.0. The van der Waals surface area contributed by atoms with Gasteiger partial charge in [-0.05, 0) is 24.6 Å². The molecule has 0 aliphatic carbocycles. The van der Waals surface area contributed by atoms with Gasteiger partial charge < -0.3 is 14.6 Å². The number of fused-ring (bicyclic) bond motifs is 2. The molecule has 1 amide bonds. The second-order valence-electron chi connectivity index (χ2n) is 6.35. The molecule has 0 bridgehead atoms. The smallest absolute Gasteiger partial charge is 0.227 e. The van der Waals surface area contributed by atoms with Gasteiger partial charge in [0.25, 0.3) is 0 Å². The second-order valence-corrected chi connectivity index (χ2v) is 6.35. The van der Waals surface area contributed by atoms with Crippen molar-refractivity contribution in [3.8, 4) is 5.75 Å². The standard InChI is InChI=1S/C20H20N2O2/c1-14-12-22(13-15-6-2-5-9-19(15)24-14)20(23)10-16-11-21-18-8-4-3-7-17(16)18/h2-9,11,14,21H,10,12-13H2,1H3. The number of nitrogens with one attached hydrogen (secondary N) is 1. The lowest BCUT2D eigenvalue weighted by molar-refractivity contribution is -0.131. The Balaban J connectivity index is 1.58. The predicted octanol–water partition coefficient (Wildman–Crippen LogP) is 3.52. The first kappa shape index (κ1) is 14.8. The van der Waals surface area contributed by atoms with E-state index >= 15 is 0 Å². The van der Waals surface area contributed by atoms with Crippen molar-refractivity contribution in [3.63, 3.8) is 0 Å². The fraction of sp³-hybridized carbons (Fsp3) is 0.250. The van der Waals surface area contributed by atoms with Crippen LogP contribution in [0.15, 0.2) is 54.7 Å². The minimum atomic E-state index is -0.0134. The lowest BCUT2D eigenvalue weighted by atomic mass is 10.1. The topological polar surface area (TPSA) is 45.3 Å². The molecular formula is C20H20N2O2. The van der Waals surface area contributed by atoms with Gasteiger partial charge in [0, 0.05) is 29.2 Å². The maximum atomic E-state index is 12.9. The molecule has 0 saturated heterocycles. The molecule has 4 heteroatoms. The Morgan fingerprint density at radius 3 is 2.92 bits per heavy atom. The summed E-state index contributed by atoms with van der Waals surface area (Å²) in [6.45, 7) is 3.21. The average Bonchev–Trinajstić information content (AvgIpc) is 2.90. The quantitative estimate of drug-likeness (QED) is 0.785. The number of para-hydroxylation sites is 2. The first-order valence-corrected chi connectivity index (χ1v) is 8.28. The van der Waals surface area contributed by atoms with Crippen molar-refractivity contribution in [2.75, 3.05) is 6.54 Å². The van der Waals surface area contributed by atoms with Crippen LogP contribution in [0.4, 0.5) is 0 Å². The van der Waals surface area contributed by atoms with E-state index < -0.39 is 0 Å². The number of rotatable bonds is 2. The van der Waals surface area contributed by atoms with Crippen LogP contribution in [-0.4, -0.2) is 28.4 Å². The first-order valence-electron chi connectivity index (χ1n) is 8.28. The van der Waals surface area contributed by atoms with Crippen molar-refractivity contribution in [3.05, 3.63) is 65.9 Å². The van der Waals surface area contributed by atoms with E-state index in [9.17, 15) is 4.79 Å². The molecule has 1 aliphatic rings. The van der Waals surface area contributed by atoms with Gasteiger partial charge in [-0.1, -0.05) is 36.4 Å². The molecule has 1 atom stereocenters. The molecule has 0 saturated carbocycles. The average molecular weight is 320 g/mol. The van der Waals surface area contributed by atoms with E-state index in [2.05, 4.69) is 11.1 Å². The molecule has 1 N–H and O–H groups in total.